The number of pyridine rings is 1. The molecule has 0 amide bonds. The molecule has 2 aromatic heterocycles. The summed E-state index contributed by atoms with van der Waals surface area (Å²) >= 11 is 7.37. The van der Waals surface area contributed by atoms with E-state index in [-0.39, 0.29) is 11.3 Å². The van der Waals surface area contributed by atoms with Crippen molar-refractivity contribution in [2.45, 2.75) is 23.2 Å². The van der Waals surface area contributed by atoms with E-state index in [1.54, 1.807) is 24.2 Å². The number of halogens is 1. The predicted molar refractivity (Wildman–Crippen MR) is 70.2 cm³/mol. The summed E-state index contributed by atoms with van der Waals surface area (Å²) in [6.45, 7) is 1.95. The Balaban J connectivity index is 2.16. The van der Waals surface area contributed by atoms with Gasteiger partial charge in [-0.1, -0.05) is 23.4 Å². The van der Waals surface area contributed by atoms with Crippen molar-refractivity contribution in [3.63, 3.8) is 0 Å². The summed E-state index contributed by atoms with van der Waals surface area (Å²) in [4.78, 5) is 4.24. The molecule has 2 rings (SSSR count). The second-order valence-electron chi connectivity index (χ2n) is 3.73. The van der Waals surface area contributed by atoms with Crippen LogP contribution < -0.4 is 5.73 Å². The fraction of sp³-hybridized carbons (Fsp3) is 0.250. The first-order valence-corrected chi connectivity index (χ1v) is 6.50. The summed E-state index contributed by atoms with van der Waals surface area (Å²) in [6.07, 6.45) is 3.28. The van der Waals surface area contributed by atoms with Crippen LogP contribution in [0.25, 0.3) is 0 Å². The molecule has 0 spiro atoms. The van der Waals surface area contributed by atoms with Gasteiger partial charge in [0.2, 0.25) is 0 Å². The van der Waals surface area contributed by atoms with Crippen molar-refractivity contribution in [2.24, 2.45) is 5.73 Å². The average molecular weight is 269 g/mol. The number of thioether (sulfide) groups is 1. The quantitative estimate of drug-likeness (QED) is 0.862. The Hall–Kier alpha value is -0.970. The largest absolute Gasteiger partial charge is 0.468 e. The Morgan fingerprint density at radius 2 is 2.24 bits per heavy atom. The molecule has 0 fully saturated rings. The normalized spacial score (nSPS) is 14.5. The molecule has 2 atom stereocenters. The lowest BCUT2D eigenvalue weighted by Gasteiger charge is -2.17. The number of hydrogen-bond acceptors (Lipinski definition) is 4. The van der Waals surface area contributed by atoms with Crippen LogP contribution in [0.1, 0.15) is 17.9 Å². The average Bonchev–Trinajstić information content (AvgIpc) is 2.81. The van der Waals surface area contributed by atoms with E-state index < -0.39 is 0 Å². The lowest BCUT2D eigenvalue weighted by Crippen LogP contribution is -2.22. The molecular formula is C12H13ClN2OS. The maximum atomic E-state index is 5.97. The van der Waals surface area contributed by atoms with Crippen LogP contribution in [0.5, 0.6) is 0 Å². The van der Waals surface area contributed by atoms with E-state index in [4.69, 9.17) is 21.8 Å². The Morgan fingerprint density at radius 3 is 2.76 bits per heavy atom. The molecule has 17 heavy (non-hydrogen) atoms. The van der Waals surface area contributed by atoms with Gasteiger partial charge in [-0.15, -0.1) is 0 Å². The first kappa shape index (κ1) is 12.5. The summed E-state index contributed by atoms with van der Waals surface area (Å²) < 4.78 is 5.40. The van der Waals surface area contributed by atoms with E-state index in [2.05, 4.69) is 4.98 Å². The summed E-state index contributed by atoms with van der Waals surface area (Å²) in [5, 5.41) is 1.57. The molecule has 2 unspecified atom stereocenters. The Morgan fingerprint density at radius 1 is 1.41 bits per heavy atom. The molecular weight excluding hydrogens is 256 g/mol. The SMILES string of the molecule is CC(N)C(Sc1ccc(Cl)cn1)c1ccco1. The van der Waals surface area contributed by atoms with Gasteiger partial charge < -0.3 is 10.2 Å². The van der Waals surface area contributed by atoms with Crippen molar-refractivity contribution in [3.05, 3.63) is 47.5 Å². The number of hydrogen-bond donors (Lipinski definition) is 1. The van der Waals surface area contributed by atoms with Gasteiger partial charge in [0, 0.05) is 12.2 Å². The zero-order valence-electron chi connectivity index (χ0n) is 9.34. The number of furan rings is 1. The number of rotatable bonds is 4. The first-order valence-electron chi connectivity index (χ1n) is 5.24. The van der Waals surface area contributed by atoms with E-state index >= 15 is 0 Å². The highest BCUT2D eigenvalue weighted by Gasteiger charge is 2.20. The first-order chi connectivity index (χ1) is 8.16. The minimum atomic E-state index is -0.0244. The molecule has 0 saturated heterocycles. The van der Waals surface area contributed by atoms with Gasteiger partial charge in [0.15, 0.2) is 0 Å². The molecule has 0 aromatic carbocycles. The van der Waals surface area contributed by atoms with Gasteiger partial charge in [0.25, 0.3) is 0 Å². The topological polar surface area (TPSA) is 52.0 Å². The summed E-state index contributed by atoms with van der Waals surface area (Å²) in [7, 11) is 0. The van der Waals surface area contributed by atoms with Gasteiger partial charge in [0.1, 0.15) is 5.76 Å². The van der Waals surface area contributed by atoms with Crippen molar-refractivity contribution in [2.75, 3.05) is 0 Å². The molecule has 0 bridgehead atoms. The standard InChI is InChI=1S/C12H13ClN2OS/c1-8(14)12(10-3-2-6-16-10)17-11-5-4-9(13)7-15-11/h2-8,12H,14H2,1H3. The van der Waals surface area contributed by atoms with E-state index in [0.717, 1.165) is 10.8 Å². The third kappa shape index (κ3) is 3.25. The molecule has 2 N–H and O–H groups in total. The summed E-state index contributed by atoms with van der Waals surface area (Å²) in [5.74, 6) is 0.863. The summed E-state index contributed by atoms with van der Waals surface area (Å²) in [5.41, 5.74) is 5.97. The molecule has 3 nitrogen and oxygen atoms in total. The van der Waals surface area contributed by atoms with Crippen LogP contribution in [0.2, 0.25) is 5.02 Å². The molecule has 2 aromatic rings. The zero-order chi connectivity index (χ0) is 12.3. The van der Waals surface area contributed by atoms with Gasteiger partial charge in [-0.3, -0.25) is 0 Å². The molecule has 0 aliphatic carbocycles. The van der Waals surface area contributed by atoms with Gasteiger partial charge in [-0.05, 0) is 31.2 Å². The van der Waals surface area contributed by atoms with Crippen LogP contribution in [0.3, 0.4) is 0 Å². The van der Waals surface area contributed by atoms with Gasteiger partial charge in [0.05, 0.1) is 21.6 Å². The lowest BCUT2D eigenvalue weighted by atomic mass is 10.2. The maximum absolute atomic E-state index is 5.97. The highest BCUT2D eigenvalue weighted by atomic mass is 35.5. The third-order valence-electron chi connectivity index (χ3n) is 2.25. The number of nitrogens with zero attached hydrogens (tertiary/aromatic N) is 1. The van der Waals surface area contributed by atoms with E-state index in [0.29, 0.717) is 5.02 Å². The van der Waals surface area contributed by atoms with Crippen molar-refractivity contribution in [3.8, 4) is 0 Å². The highest BCUT2D eigenvalue weighted by Crippen LogP contribution is 2.36. The molecule has 90 valence electrons. The second kappa shape index (κ2) is 5.58. The lowest BCUT2D eigenvalue weighted by molar-refractivity contribution is 0.486. The zero-order valence-corrected chi connectivity index (χ0v) is 10.9. The molecule has 0 saturated carbocycles. The second-order valence-corrected chi connectivity index (χ2v) is 5.33. The van der Waals surface area contributed by atoms with Crippen LogP contribution >= 0.6 is 23.4 Å². The molecule has 0 radical (unpaired) electrons. The van der Waals surface area contributed by atoms with Crippen LogP contribution in [-0.4, -0.2) is 11.0 Å². The van der Waals surface area contributed by atoms with E-state index in [9.17, 15) is 0 Å². The predicted octanol–water partition coefficient (Wildman–Crippen LogP) is 3.51. The fourth-order valence-corrected chi connectivity index (χ4v) is 2.54. The third-order valence-corrected chi connectivity index (χ3v) is 3.87. The minimum absolute atomic E-state index is 0.0244. The molecule has 5 heteroatoms. The molecule has 0 aliphatic rings. The van der Waals surface area contributed by atoms with Gasteiger partial charge in [-0.2, -0.15) is 0 Å². The van der Waals surface area contributed by atoms with Crippen molar-refractivity contribution < 1.29 is 4.42 Å². The van der Waals surface area contributed by atoms with Crippen molar-refractivity contribution in [1.29, 1.82) is 0 Å². The number of nitrogens with two attached hydrogens (primary N) is 1. The summed E-state index contributed by atoms with van der Waals surface area (Å²) in [6, 6.07) is 7.46. The van der Waals surface area contributed by atoms with E-state index in [1.165, 1.54) is 0 Å². The fourth-order valence-electron chi connectivity index (χ4n) is 1.44. The van der Waals surface area contributed by atoms with E-state index in [1.807, 2.05) is 31.2 Å². The smallest absolute Gasteiger partial charge is 0.118 e. The molecule has 0 aliphatic heterocycles. The van der Waals surface area contributed by atoms with Crippen LogP contribution in [0, 0.1) is 0 Å². The molecule has 2 heterocycles. The van der Waals surface area contributed by atoms with Gasteiger partial charge >= 0.3 is 0 Å². The maximum Gasteiger partial charge on any atom is 0.118 e. The monoisotopic (exact) mass is 268 g/mol. The van der Waals surface area contributed by atoms with Crippen LogP contribution in [0.15, 0.2) is 46.2 Å². The van der Waals surface area contributed by atoms with Crippen molar-refractivity contribution in [1.82, 2.24) is 4.98 Å². The van der Waals surface area contributed by atoms with Crippen molar-refractivity contribution >= 4 is 23.4 Å². The van der Waals surface area contributed by atoms with Gasteiger partial charge in [-0.25, -0.2) is 4.98 Å². The Bertz CT molecular complexity index is 456. The van der Waals surface area contributed by atoms with Crippen LogP contribution in [0.4, 0.5) is 0 Å². The Kier molecular flexibility index (Phi) is 4.10. The Labute approximate surface area is 109 Å². The number of aromatic nitrogens is 1. The highest BCUT2D eigenvalue weighted by molar-refractivity contribution is 7.99. The van der Waals surface area contributed by atoms with Crippen LogP contribution in [-0.2, 0) is 0 Å². The minimum Gasteiger partial charge on any atom is -0.468 e.